The third-order valence-corrected chi connectivity index (χ3v) is 9.16. The molecule has 6 heteroatoms. The van der Waals surface area contributed by atoms with Gasteiger partial charge in [0.2, 0.25) is 11.8 Å². The molecule has 0 unspecified atom stereocenters. The van der Waals surface area contributed by atoms with E-state index in [-0.39, 0.29) is 41.4 Å². The number of anilines is 3. The lowest BCUT2D eigenvalue weighted by Crippen LogP contribution is -2.34. The normalized spacial score (nSPS) is 23.5. The van der Waals surface area contributed by atoms with Gasteiger partial charge >= 0.3 is 0 Å². The zero-order chi connectivity index (χ0) is 29.9. The molecule has 0 aromatic heterocycles. The van der Waals surface area contributed by atoms with E-state index in [1.54, 1.807) is 12.1 Å². The third kappa shape index (κ3) is 5.89. The van der Waals surface area contributed by atoms with Gasteiger partial charge in [0.1, 0.15) is 5.75 Å². The number of carbonyl (C=O) groups excluding carboxylic acids is 2. The molecule has 2 heterocycles. The van der Waals surface area contributed by atoms with E-state index in [9.17, 15) is 14.7 Å². The van der Waals surface area contributed by atoms with Crippen LogP contribution in [0.4, 0.5) is 17.1 Å². The number of phenolic OH excluding ortho intramolecular Hbond substituents is 1. The highest BCUT2D eigenvalue weighted by atomic mass is 16.5. The summed E-state index contributed by atoms with van der Waals surface area (Å²) in [5.74, 6) is -0.679. The maximum Gasteiger partial charge on any atom is 0.238 e. The predicted octanol–water partition coefficient (Wildman–Crippen LogP) is 8.03. The number of imide groups is 1. The van der Waals surface area contributed by atoms with Crippen LogP contribution in [0.2, 0.25) is 0 Å². The number of allylic oxidation sites excluding steroid dienone is 2. The number of amides is 2. The number of carbonyl (C=O) groups is 2. The Bertz CT molecular complexity index is 1540. The number of nitrogens with one attached hydrogen (secondary N) is 1. The molecule has 0 bridgehead atoms. The zero-order valence-electron chi connectivity index (χ0n) is 25.0. The minimum Gasteiger partial charge on any atom is -0.508 e. The molecule has 2 aliphatic heterocycles. The molecule has 1 aliphatic carbocycles. The van der Waals surface area contributed by atoms with Crippen molar-refractivity contribution in [2.45, 2.75) is 58.5 Å². The second kappa shape index (κ2) is 12.6. The maximum atomic E-state index is 13.9. The molecular weight excluding hydrogens is 536 g/mol. The minimum absolute atomic E-state index is 0.0365. The molecule has 2 fully saturated rings. The first-order chi connectivity index (χ1) is 21.0. The topological polar surface area (TPSA) is 78.9 Å². The summed E-state index contributed by atoms with van der Waals surface area (Å²) >= 11 is 0. The number of aromatic hydroxyl groups is 1. The maximum absolute atomic E-state index is 13.9. The Hall–Kier alpha value is -4.16. The molecule has 0 spiro atoms. The van der Waals surface area contributed by atoms with Crippen molar-refractivity contribution < 1.29 is 19.4 Å². The number of hydrogen-bond acceptors (Lipinski definition) is 5. The van der Waals surface area contributed by atoms with Gasteiger partial charge in [0.05, 0.1) is 30.2 Å². The van der Waals surface area contributed by atoms with Crippen LogP contribution in [0.5, 0.6) is 5.75 Å². The fourth-order valence-corrected chi connectivity index (χ4v) is 7.21. The summed E-state index contributed by atoms with van der Waals surface area (Å²) in [4.78, 5) is 29.1. The van der Waals surface area contributed by atoms with Crippen molar-refractivity contribution in [1.82, 2.24) is 0 Å². The van der Waals surface area contributed by atoms with Crippen molar-refractivity contribution in [3.63, 3.8) is 0 Å². The lowest BCUT2D eigenvalue weighted by atomic mass is 9.69. The summed E-state index contributed by atoms with van der Waals surface area (Å²) in [6, 6.07) is 24.8. The Morgan fingerprint density at radius 1 is 0.930 bits per heavy atom. The Kier molecular flexibility index (Phi) is 8.48. The number of fused-ring (bicyclic) bond motifs is 3. The molecule has 6 rings (SSSR count). The average Bonchev–Trinajstić information content (AvgIpc) is 3.54. The molecular formula is C37H40N2O4. The number of benzene rings is 3. The van der Waals surface area contributed by atoms with Gasteiger partial charge in [0.25, 0.3) is 0 Å². The standard InChI is InChI=1S/C37H40N2O4/c1-3-9-24(20-25-10-8-13-30(40)21-25)14-19-33-34-26(4-2)22-31-35(32(34)23-43-33)37(42)39(36(31)41)29-17-15-28(16-18-29)38-27-11-6-5-7-12-27/h5-8,10-13,15-18,20-21,31-33,35,38,40H,3-4,9,14,19,22-23H2,1-2H3/b24-20+/t31-,32+,33-,35-/m1/s1. The molecule has 4 atom stereocenters. The van der Waals surface area contributed by atoms with Crippen molar-refractivity contribution in [1.29, 1.82) is 0 Å². The number of rotatable bonds is 10. The van der Waals surface area contributed by atoms with E-state index >= 15 is 0 Å². The van der Waals surface area contributed by atoms with Gasteiger partial charge in [0.15, 0.2) is 0 Å². The molecule has 0 saturated carbocycles. The van der Waals surface area contributed by atoms with Gasteiger partial charge in [-0.25, -0.2) is 0 Å². The third-order valence-electron chi connectivity index (χ3n) is 9.16. The summed E-state index contributed by atoms with van der Waals surface area (Å²) in [6.07, 6.45) is 7.39. The van der Waals surface area contributed by atoms with Gasteiger partial charge < -0.3 is 15.2 Å². The van der Waals surface area contributed by atoms with Gasteiger partial charge in [-0.2, -0.15) is 0 Å². The SMILES string of the molecule is CCC/C(=C\c1cccc(O)c1)CC[C@H]1OC[C@H]2C1=C(CC)C[C@H]1C(=O)N(c3ccc(Nc4ccccc4)cc3)C(=O)[C@H]12. The molecule has 3 aliphatic rings. The van der Waals surface area contributed by atoms with Crippen LogP contribution in [-0.4, -0.2) is 29.6 Å². The number of nitrogens with zero attached hydrogens (tertiary/aromatic N) is 1. The molecule has 2 amide bonds. The summed E-state index contributed by atoms with van der Waals surface area (Å²) < 4.78 is 6.42. The van der Waals surface area contributed by atoms with Crippen LogP contribution in [-0.2, 0) is 14.3 Å². The summed E-state index contributed by atoms with van der Waals surface area (Å²) in [7, 11) is 0. The Balaban J connectivity index is 1.18. The highest BCUT2D eigenvalue weighted by Gasteiger charge is 2.57. The van der Waals surface area contributed by atoms with E-state index in [1.165, 1.54) is 21.6 Å². The van der Waals surface area contributed by atoms with Gasteiger partial charge in [-0.3, -0.25) is 14.5 Å². The van der Waals surface area contributed by atoms with Crippen molar-refractivity contribution in [3.8, 4) is 5.75 Å². The largest absolute Gasteiger partial charge is 0.508 e. The Morgan fingerprint density at radius 2 is 1.70 bits per heavy atom. The van der Waals surface area contributed by atoms with Crippen LogP contribution in [0.15, 0.2) is 95.6 Å². The highest BCUT2D eigenvalue weighted by molar-refractivity contribution is 6.22. The lowest BCUT2D eigenvalue weighted by molar-refractivity contribution is -0.122. The fourth-order valence-electron chi connectivity index (χ4n) is 7.21. The van der Waals surface area contributed by atoms with Gasteiger partial charge in [-0.15, -0.1) is 0 Å². The summed E-state index contributed by atoms with van der Waals surface area (Å²) in [5, 5.41) is 13.3. The van der Waals surface area contributed by atoms with Crippen LogP contribution in [0.1, 0.15) is 57.9 Å². The number of ether oxygens (including phenoxy) is 1. The van der Waals surface area contributed by atoms with E-state index < -0.39 is 0 Å². The molecule has 222 valence electrons. The first kappa shape index (κ1) is 28.9. The van der Waals surface area contributed by atoms with E-state index in [1.807, 2.05) is 66.7 Å². The summed E-state index contributed by atoms with van der Waals surface area (Å²) in [5.41, 5.74) is 7.39. The smallest absolute Gasteiger partial charge is 0.238 e. The van der Waals surface area contributed by atoms with E-state index in [0.717, 1.165) is 49.0 Å². The van der Waals surface area contributed by atoms with Gasteiger partial charge in [-0.1, -0.05) is 67.8 Å². The van der Waals surface area contributed by atoms with Crippen LogP contribution >= 0.6 is 0 Å². The minimum atomic E-state index is -0.372. The first-order valence-corrected chi connectivity index (χ1v) is 15.6. The zero-order valence-corrected chi connectivity index (χ0v) is 25.0. The molecule has 43 heavy (non-hydrogen) atoms. The second-order valence-electron chi connectivity index (χ2n) is 11.9. The molecule has 0 radical (unpaired) electrons. The highest BCUT2D eigenvalue weighted by Crippen LogP contribution is 2.51. The second-order valence-corrected chi connectivity index (χ2v) is 11.9. The van der Waals surface area contributed by atoms with Crippen LogP contribution in [0.25, 0.3) is 6.08 Å². The molecule has 2 N–H and O–H groups in total. The number of para-hydroxylation sites is 1. The van der Waals surface area contributed by atoms with Crippen molar-refractivity contribution in [2.24, 2.45) is 17.8 Å². The van der Waals surface area contributed by atoms with Gasteiger partial charge in [0, 0.05) is 17.3 Å². The monoisotopic (exact) mass is 576 g/mol. The van der Waals surface area contributed by atoms with Crippen molar-refractivity contribution >= 4 is 35.0 Å². The van der Waals surface area contributed by atoms with Crippen molar-refractivity contribution in [2.75, 3.05) is 16.8 Å². The fraction of sp³-hybridized carbons (Fsp3) is 0.351. The van der Waals surface area contributed by atoms with Crippen molar-refractivity contribution in [3.05, 3.63) is 101 Å². The van der Waals surface area contributed by atoms with Crippen LogP contribution in [0.3, 0.4) is 0 Å². The molecule has 6 nitrogen and oxygen atoms in total. The van der Waals surface area contributed by atoms with E-state index in [2.05, 4.69) is 25.2 Å². The molecule has 3 aromatic carbocycles. The number of hydrogen-bond donors (Lipinski definition) is 2. The van der Waals surface area contributed by atoms with E-state index in [0.29, 0.717) is 18.7 Å². The van der Waals surface area contributed by atoms with Gasteiger partial charge in [-0.05, 0) is 91.8 Å². The number of phenols is 1. The molecule has 2 saturated heterocycles. The predicted molar refractivity (Wildman–Crippen MR) is 171 cm³/mol. The first-order valence-electron chi connectivity index (χ1n) is 15.6. The lowest BCUT2D eigenvalue weighted by Gasteiger charge is -2.31. The summed E-state index contributed by atoms with van der Waals surface area (Å²) in [6.45, 7) is 4.81. The Labute approximate surface area is 254 Å². The average molecular weight is 577 g/mol. The molecule has 3 aromatic rings. The quantitative estimate of drug-likeness (QED) is 0.189. The Morgan fingerprint density at radius 3 is 2.42 bits per heavy atom. The van der Waals surface area contributed by atoms with E-state index in [4.69, 9.17) is 4.74 Å². The van der Waals surface area contributed by atoms with Crippen LogP contribution < -0.4 is 10.2 Å². The van der Waals surface area contributed by atoms with Crippen LogP contribution in [0, 0.1) is 17.8 Å².